The summed E-state index contributed by atoms with van der Waals surface area (Å²) in [6.07, 6.45) is 1.79. The Morgan fingerprint density at radius 2 is 2.10 bits per heavy atom. The lowest BCUT2D eigenvalue weighted by atomic mass is 10.0. The van der Waals surface area contributed by atoms with Crippen molar-refractivity contribution in [1.29, 1.82) is 0 Å². The van der Waals surface area contributed by atoms with Gasteiger partial charge in [0.25, 0.3) is 0 Å². The molecule has 1 aromatic carbocycles. The molecule has 0 spiro atoms. The summed E-state index contributed by atoms with van der Waals surface area (Å²) in [6.45, 7) is 4.28. The van der Waals surface area contributed by atoms with E-state index in [2.05, 4.69) is 68.6 Å². The van der Waals surface area contributed by atoms with Gasteiger partial charge in [0, 0.05) is 10.7 Å². The number of pyridine rings is 1. The molecular formula is C16H15BrClN3. The molecule has 108 valence electrons. The molecule has 0 amide bonds. The second-order valence-electron chi connectivity index (χ2n) is 5.06. The maximum atomic E-state index is 6.09. The van der Waals surface area contributed by atoms with E-state index in [0.29, 0.717) is 5.88 Å². The van der Waals surface area contributed by atoms with E-state index in [1.54, 1.807) is 6.20 Å². The Bertz CT molecular complexity index is 797. The molecule has 1 atom stereocenters. The van der Waals surface area contributed by atoms with E-state index in [0.717, 1.165) is 21.5 Å². The highest BCUT2D eigenvalue weighted by atomic mass is 79.9. The first-order valence-electron chi connectivity index (χ1n) is 6.75. The molecule has 0 N–H and O–H groups in total. The van der Waals surface area contributed by atoms with Crippen molar-refractivity contribution in [2.24, 2.45) is 0 Å². The van der Waals surface area contributed by atoms with Crippen molar-refractivity contribution < 1.29 is 0 Å². The molecule has 1 unspecified atom stereocenters. The van der Waals surface area contributed by atoms with Gasteiger partial charge in [-0.25, -0.2) is 9.97 Å². The van der Waals surface area contributed by atoms with Crippen LogP contribution in [0, 0.1) is 6.92 Å². The Hall–Kier alpha value is -1.39. The number of aromatic nitrogens is 3. The zero-order chi connectivity index (χ0) is 15.0. The van der Waals surface area contributed by atoms with Gasteiger partial charge < -0.3 is 4.57 Å². The lowest BCUT2D eigenvalue weighted by molar-refractivity contribution is 0.625. The van der Waals surface area contributed by atoms with Crippen molar-refractivity contribution in [2.75, 3.05) is 0 Å². The summed E-state index contributed by atoms with van der Waals surface area (Å²) in [5.74, 6) is 1.21. The zero-order valence-electron chi connectivity index (χ0n) is 11.8. The molecule has 2 aromatic heterocycles. The van der Waals surface area contributed by atoms with Crippen LogP contribution in [0.5, 0.6) is 0 Å². The lowest BCUT2D eigenvalue weighted by Crippen LogP contribution is -2.11. The van der Waals surface area contributed by atoms with Crippen molar-refractivity contribution in [3.8, 4) is 0 Å². The van der Waals surface area contributed by atoms with Crippen molar-refractivity contribution in [3.05, 3.63) is 58.0 Å². The van der Waals surface area contributed by atoms with Crippen LogP contribution in [-0.2, 0) is 5.88 Å². The van der Waals surface area contributed by atoms with E-state index >= 15 is 0 Å². The minimum atomic E-state index is 0.138. The van der Waals surface area contributed by atoms with Crippen molar-refractivity contribution in [3.63, 3.8) is 0 Å². The van der Waals surface area contributed by atoms with Crippen LogP contribution in [0.2, 0.25) is 0 Å². The number of imidazole rings is 1. The van der Waals surface area contributed by atoms with Gasteiger partial charge in [-0.1, -0.05) is 24.3 Å². The summed E-state index contributed by atoms with van der Waals surface area (Å²) >= 11 is 9.53. The molecule has 21 heavy (non-hydrogen) atoms. The first kappa shape index (κ1) is 14.5. The van der Waals surface area contributed by atoms with Gasteiger partial charge in [0.05, 0.1) is 11.9 Å². The normalized spacial score (nSPS) is 12.8. The van der Waals surface area contributed by atoms with E-state index in [4.69, 9.17) is 11.6 Å². The van der Waals surface area contributed by atoms with E-state index in [-0.39, 0.29) is 6.04 Å². The molecule has 0 saturated heterocycles. The van der Waals surface area contributed by atoms with Gasteiger partial charge in [0.15, 0.2) is 5.65 Å². The van der Waals surface area contributed by atoms with Gasteiger partial charge in [-0.2, -0.15) is 0 Å². The summed E-state index contributed by atoms with van der Waals surface area (Å²) in [4.78, 5) is 9.13. The summed E-state index contributed by atoms with van der Waals surface area (Å²) in [5.41, 5.74) is 4.24. The van der Waals surface area contributed by atoms with E-state index in [9.17, 15) is 0 Å². The third kappa shape index (κ3) is 2.58. The summed E-state index contributed by atoms with van der Waals surface area (Å²) < 4.78 is 3.04. The predicted octanol–water partition coefficient (Wildman–Crippen LogP) is 4.85. The molecule has 0 aliphatic heterocycles. The van der Waals surface area contributed by atoms with Crippen molar-refractivity contribution in [1.82, 2.24) is 14.5 Å². The SMILES string of the molecule is Cc1ccccc1C(C)n1c(CCl)nc2cc(Br)cnc21. The number of benzene rings is 1. The van der Waals surface area contributed by atoms with Gasteiger partial charge in [-0.3, -0.25) is 0 Å². The lowest BCUT2D eigenvalue weighted by Gasteiger charge is -2.18. The molecule has 0 fully saturated rings. The topological polar surface area (TPSA) is 30.7 Å². The molecule has 5 heteroatoms. The van der Waals surface area contributed by atoms with Crippen LogP contribution in [0.25, 0.3) is 11.2 Å². The van der Waals surface area contributed by atoms with Crippen LogP contribution >= 0.6 is 27.5 Å². The standard InChI is InChI=1S/C16H15BrClN3/c1-10-5-3-4-6-13(10)11(2)21-15(8-18)20-14-7-12(17)9-19-16(14)21/h3-7,9,11H,8H2,1-2H3. The largest absolute Gasteiger partial charge is 0.304 e. The molecule has 0 bridgehead atoms. The molecule has 2 heterocycles. The smallest absolute Gasteiger partial charge is 0.160 e. The maximum absolute atomic E-state index is 6.09. The Balaban J connectivity index is 2.21. The molecule has 3 rings (SSSR count). The second-order valence-corrected chi connectivity index (χ2v) is 6.24. The number of aryl methyl sites for hydroxylation is 1. The highest BCUT2D eigenvalue weighted by Gasteiger charge is 2.19. The van der Waals surface area contributed by atoms with Gasteiger partial charge >= 0.3 is 0 Å². The number of halogens is 2. The summed E-state index contributed by atoms with van der Waals surface area (Å²) in [5, 5.41) is 0. The van der Waals surface area contributed by atoms with Crippen LogP contribution in [0.15, 0.2) is 41.0 Å². The molecule has 3 nitrogen and oxygen atoms in total. The van der Waals surface area contributed by atoms with Crippen molar-refractivity contribution in [2.45, 2.75) is 25.8 Å². The molecule has 3 aromatic rings. The Morgan fingerprint density at radius 1 is 1.33 bits per heavy atom. The highest BCUT2D eigenvalue weighted by molar-refractivity contribution is 9.10. The van der Waals surface area contributed by atoms with Crippen LogP contribution in [-0.4, -0.2) is 14.5 Å². The van der Waals surface area contributed by atoms with Gasteiger partial charge in [0.2, 0.25) is 0 Å². The summed E-state index contributed by atoms with van der Waals surface area (Å²) in [6, 6.07) is 10.5. The molecular weight excluding hydrogens is 350 g/mol. The molecule has 0 aliphatic rings. The first-order valence-corrected chi connectivity index (χ1v) is 8.08. The Morgan fingerprint density at radius 3 is 2.81 bits per heavy atom. The van der Waals surface area contributed by atoms with Gasteiger partial charge in [0.1, 0.15) is 11.3 Å². The molecule has 0 saturated carbocycles. The number of hydrogen-bond acceptors (Lipinski definition) is 2. The highest BCUT2D eigenvalue weighted by Crippen LogP contribution is 2.28. The van der Waals surface area contributed by atoms with Crippen LogP contribution in [0.4, 0.5) is 0 Å². The van der Waals surface area contributed by atoms with Crippen molar-refractivity contribution >= 4 is 38.7 Å². The number of rotatable bonds is 3. The average Bonchev–Trinajstić information content (AvgIpc) is 2.84. The Kier molecular flexibility index (Phi) is 4.00. The minimum absolute atomic E-state index is 0.138. The second kappa shape index (κ2) is 5.78. The minimum Gasteiger partial charge on any atom is -0.304 e. The fourth-order valence-electron chi connectivity index (χ4n) is 2.70. The van der Waals surface area contributed by atoms with E-state index < -0.39 is 0 Å². The fraction of sp³-hybridized carbons (Fsp3) is 0.250. The fourth-order valence-corrected chi connectivity index (χ4v) is 3.21. The number of hydrogen-bond donors (Lipinski definition) is 0. The van der Waals surface area contributed by atoms with Crippen LogP contribution < -0.4 is 0 Å². The van der Waals surface area contributed by atoms with E-state index in [1.807, 2.05) is 6.07 Å². The average molecular weight is 365 g/mol. The Labute approximate surface area is 137 Å². The van der Waals surface area contributed by atoms with E-state index in [1.165, 1.54) is 11.1 Å². The number of alkyl halides is 1. The first-order chi connectivity index (χ1) is 10.1. The van der Waals surface area contributed by atoms with Crippen LogP contribution in [0.3, 0.4) is 0 Å². The van der Waals surface area contributed by atoms with Crippen LogP contribution in [0.1, 0.15) is 29.9 Å². The maximum Gasteiger partial charge on any atom is 0.160 e. The third-order valence-electron chi connectivity index (χ3n) is 3.72. The zero-order valence-corrected chi connectivity index (χ0v) is 14.2. The predicted molar refractivity (Wildman–Crippen MR) is 89.8 cm³/mol. The number of fused-ring (bicyclic) bond motifs is 1. The monoisotopic (exact) mass is 363 g/mol. The third-order valence-corrected chi connectivity index (χ3v) is 4.39. The van der Waals surface area contributed by atoms with Gasteiger partial charge in [-0.05, 0) is 47.0 Å². The molecule has 0 aliphatic carbocycles. The molecule has 0 radical (unpaired) electrons. The number of nitrogens with zero attached hydrogens (tertiary/aromatic N) is 3. The quantitative estimate of drug-likeness (QED) is 0.622. The summed E-state index contributed by atoms with van der Waals surface area (Å²) in [7, 11) is 0. The van der Waals surface area contributed by atoms with Gasteiger partial charge in [-0.15, -0.1) is 11.6 Å².